The number of likely N-dealkylation sites (tertiary alicyclic amines) is 1. The molecule has 1 aromatic carbocycles. The molecular formula is C13H18F2N2. The van der Waals surface area contributed by atoms with Gasteiger partial charge in [0.05, 0.1) is 0 Å². The van der Waals surface area contributed by atoms with Crippen molar-refractivity contribution in [3.63, 3.8) is 0 Å². The maximum atomic E-state index is 13.1. The standard InChI is InChI=1S/C13H18F2N2/c1-16-8-11-3-2-6-17(11)9-10-4-5-12(14)13(15)7-10/h4-5,7,11,16H,2-3,6,8-9H2,1H3. The molecule has 1 N–H and O–H groups in total. The minimum absolute atomic E-state index is 0.508. The van der Waals surface area contributed by atoms with E-state index in [0.29, 0.717) is 12.6 Å². The van der Waals surface area contributed by atoms with Gasteiger partial charge in [-0.15, -0.1) is 0 Å². The summed E-state index contributed by atoms with van der Waals surface area (Å²) in [6.45, 7) is 2.68. The molecule has 1 aliphatic rings. The van der Waals surface area contributed by atoms with Crippen molar-refractivity contribution in [2.24, 2.45) is 0 Å². The molecule has 0 spiro atoms. The Bertz CT molecular complexity index is 382. The molecular weight excluding hydrogens is 222 g/mol. The third kappa shape index (κ3) is 3.01. The molecule has 0 saturated carbocycles. The predicted molar refractivity (Wildman–Crippen MR) is 63.7 cm³/mol. The average Bonchev–Trinajstić information content (AvgIpc) is 2.72. The van der Waals surface area contributed by atoms with Gasteiger partial charge in [-0.25, -0.2) is 8.78 Å². The highest BCUT2D eigenvalue weighted by molar-refractivity contribution is 5.18. The summed E-state index contributed by atoms with van der Waals surface area (Å²) in [7, 11) is 1.94. The summed E-state index contributed by atoms with van der Waals surface area (Å²) in [6.07, 6.45) is 2.35. The number of benzene rings is 1. The summed E-state index contributed by atoms with van der Waals surface area (Å²) < 4.78 is 25.9. The Morgan fingerprint density at radius 2 is 2.18 bits per heavy atom. The number of nitrogens with one attached hydrogen (secondary N) is 1. The SMILES string of the molecule is CNCC1CCCN1Cc1ccc(F)c(F)c1. The van der Waals surface area contributed by atoms with E-state index in [0.717, 1.165) is 18.7 Å². The smallest absolute Gasteiger partial charge is 0.159 e. The Hall–Kier alpha value is -1.00. The number of hydrogen-bond donors (Lipinski definition) is 1. The lowest BCUT2D eigenvalue weighted by atomic mass is 10.1. The second-order valence-electron chi connectivity index (χ2n) is 4.57. The fourth-order valence-corrected chi connectivity index (χ4v) is 2.44. The zero-order chi connectivity index (χ0) is 12.3. The summed E-state index contributed by atoms with van der Waals surface area (Å²) in [5.74, 6) is -1.53. The lowest BCUT2D eigenvalue weighted by Gasteiger charge is -2.24. The molecule has 0 amide bonds. The van der Waals surface area contributed by atoms with Crippen LogP contribution in [0.2, 0.25) is 0 Å². The van der Waals surface area contributed by atoms with Gasteiger partial charge in [-0.2, -0.15) is 0 Å². The topological polar surface area (TPSA) is 15.3 Å². The first kappa shape index (κ1) is 12.5. The first-order valence-electron chi connectivity index (χ1n) is 6.03. The van der Waals surface area contributed by atoms with Gasteiger partial charge in [0, 0.05) is 19.1 Å². The molecule has 1 unspecified atom stereocenters. The van der Waals surface area contributed by atoms with Gasteiger partial charge in [0.25, 0.3) is 0 Å². The van der Waals surface area contributed by atoms with Crippen LogP contribution in [0.25, 0.3) is 0 Å². The van der Waals surface area contributed by atoms with Gasteiger partial charge in [0.2, 0.25) is 0 Å². The molecule has 2 rings (SSSR count). The van der Waals surface area contributed by atoms with Gasteiger partial charge < -0.3 is 5.32 Å². The number of likely N-dealkylation sites (N-methyl/N-ethyl adjacent to an activating group) is 1. The summed E-state index contributed by atoms with van der Waals surface area (Å²) in [6, 6.07) is 4.67. The lowest BCUT2D eigenvalue weighted by molar-refractivity contribution is 0.242. The van der Waals surface area contributed by atoms with Gasteiger partial charge in [-0.3, -0.25) is 4.90 Å². The van der Waals surface area contributed by atoms with Crippen molar-refractivity contribution in [1.82, 2.24) is 10.2 Å². The Balaban J connectivity index is 2.02. The van der Waals surface area contributed by atoms with E-state index in [1.54, 1.807) is 6.07 Å². The highest BCUT2D eigenvalue weighted by Crippen LogP contribution is 2.20. The molecule has 1 aromatic rings. The van der Waals surface area contributed by atoms with Crippen molar-refractivity contribution in [3.05, 3.63) is 35.4 Å². The monoisotopic (exact) mass is 240 g/mol. The van der Waals surface area contributed by atoms with Crippen LogP contribution < -0.4 is 5.32 Å². The van der Waals surface area contributed by atoms with E-state index in [-0.39, 0.29) is 0 Å². The second kappa shape index (κ2) is 5.56. The number of halogens is 2. The Labute approximate surface area is 101 Å². The number of rotatable bonds is 4. The van der Waals surface area contributed by atoms with Crippen LogP contribution in [0.5, 0.6) is 0 Å². The van der Waals surface area contributed by atoms with E-state index in [1.807, 2.05) is 7.05 Å². The van der Waals surface area contributed by atoms with Crippen LogP contribution in [0.4, 0.5) is 8.78 Å². The Morgan fingerprint density at radius 1 is 1.35 bits per heavy atom. The van der Waals surface area contributed by atoms with E-state index in [9.17, 15) is 8.78 Å². The van der Waals surface area contributed by atoms with Crippen LogP contribution in [-0.2, 0) is 6.54 Å². The summed E-state index contributed by atoms with van der Waals surface area (Å²) in [5.41, 5.74) is 0.840. The molecule has 1 heterocycles. The number of hydrogen-bond acceptors (Lipinski definition) is 2. The van der Waals surface area contributed by atoms with E-state index >= 15 is 0 Å². The first-order chi connectivity index (χ1) is 8.20. The van der Waals surface area contributed by atoms with Gasteiger partial charge >= 0.3 is 0 Å². The molecule has 1 fully saturated rings. The van der Waals surface area contributed by atoms with E-state index in [4.69, 9.17) is 0 Å². The maximum absolute atomic E-state index is 13.1. The molecule has 0 radical (unpaired) electrons. The van der Waals surface area contributed by atoms with Crippen molar-refractivity contribution in [1.29, 1.82) is 0 Å². The van der Waals surface area contributed by atoms with Crippen molar-refractivity contribution < 1.29 is 8.78 Å². The van der Waals surface area contributed by atoms with Crippen LogP contribution in [-0.4, -0.2) is 31.1 Å². The van der Waals surface area contributed by atoms with Crippen LogP contribution in [0.1, 0.15) is 18.4 Å². The van der Waals surface area contributed by atoms with Crippen LogP contribution in [0.3, 0.4) is 0 Å². The molecule has 0 aliphatic carbocycles. The third-order valence-corrected chi connectivity index (χ3v) is 3.31. The van der Waals surface area contributed by atoms with Crippen LogP contribution >= 0.6 is 0 Å². The minimum atomic E-state index is -0.776. The molecule has 1 aliphatic heterocycles. The molecule has 94 valence electrons. The van der Waals surface area contributed by atoms with E-state index in [2.05, 4.69) is 10.2 Å². The normalized spacial score (nSPS) is 21.0. The average molecular weight is 240 g/mol. The summed E-state index contributed by atoms with van der Waals surface area (Å²) in [5, 5.41) is 3.17. The molecule has 0 aromatic heterocycles. The minimum Gasteiger partial charge on any atom is -0.318 e. The molecule has 4 heteroatoms. The van der Waals surface area contributed by atoms with Crippen molar-refractivity contribution in [2.75, 3.05) is 20.1 Å². The Kier molecular flexibility index (Phi) is 4.07. The zero-order valence-corrected chi connectivity index (χ0v) is 10.0. The predicted octanol–water partition coefficient (Wildman–Crippen LogP) is 2.15. The van der Waals surface area contributed by atoms with Gasteiger partial charge in [-0.05, 0) is 44.1 Å². The van der Waals surface area contributed by atoms with E-state index in [1.165, 1.54) is 25.0 Å². The molecule has 0 bridgehead atoms. The highest BCUT2D eigenvalue weighted by Gasteiger charge is 2.23. The Morgan fingerprint density at radius 3 is 2.88 bits per heavy atom. The molecule has 17 heavy (non-hydrogen) atoms. The van der Waals surface area contributed by atoms with E-state index < -0.39 is 11.6 Å². The second-order valence-corrected chi connectivity index (χ2v) is 4.57. The zero-order valence-electron chi connectivity index (χ0n) is 10.0. The van der Waals surface area contributed by atoms with Gasteiger partial charge in [0.1, 0.15) is 0 Å². The van der Waals surface area contributed by atoms with Crippen molar-refractivity contribution in [2.45, 2.75) is 25.4 Å². The first-order valence-corrected chi connectivity index (χ1v) is 6.03. The fourth-order valence-electron chi connectivity index (χ4n) is 2.44. The van der Waals surface area contributed by atoms with Gasteiger partial charge in [-0.1, -0.05) is 6.07 Å². The summed E-state index contributed by atoms with van der Waals surface area (Å²) >= 11 is 0. The number of nitrogens with zero attached hydrogens (tertiary/aromatic N) is 1. The summed E-state index contributed by atoms with van der Waals surface area (Å²) in [4.78, 5) is 2.32. The lowest BCUT2D eigenvalue weighted by Crippen LogP contribution is -2.36. The van der Waals surface area contributed by atoms with Crippen molar-refractivity contribution >= 4 is 0 Å². The molecule has 1 atom stereocenters. The largest absolute Gasteiger partial charge is 0.318 e. The van der Waals surface area contributed by atoms with Crippen molar-refractivity contribution in [3.8, 4) is 0 Å². The third-order valence-electron chi connectivity index (χ3n) is 3.31. The van der Waals surface area contributed by atoms with Crippen LogP contribution in [0.15, 0.2) is 18.2 Å². The maximum Gasteiger partial charge on any atom is 0.159 e. The molecule has 1 saturated heterocycles. The highest BCUT2D eigenvalue weighted by atomic mass is 19.2. The van der Waals surface area contributed by atoms with Gasteiger partial charge in [0.15, 0.2) is 11.6 Å². The quantitative estimate of drug-likeness (QED) is 0.867. The molecule has 2 nitrogen and oxygen atoms in total. The fraction of sp³-hybridized carbons (Fsp3) is 0.538. The van der Waals surface area contributed by atoms with Crippen LogP contribution in [0, 0.1) is 11.6 Å².